The average molecular weight is 555 g/mol. The fourth-order valence-electron chi connectivity index (χ4n) is 6.30. The lowest BCUT2D eigenvalue weighted by atomic mass is 9.85. The highest BCUT2D eigenvalue weighted by Gasteiger charge is 2.18. The van der Waals surface area contributed by atoms with E-state index in [1.807, 2.05) is 97.1 Å². The van der Waals surface area contributed by atoms with Crippen molar-refractivity contribution in [1.82, 2.24) is 0 Å². The Morgan fingerprint density at radius 3 is 1.58 bits per heavy atom. The van der Waals surface area contributed by atoms with Gasteiger partial charge in [0.25, 0.3) is 0 Å². The fourth-order valence-corrected chi connectivity index (χ4v) is 6.30. The Morgan fingerprint density at radius 1 is 0.372 bits per heavy atom. The Kier molecular flexibility index (Phi) is 3.80. The van der Waals surface area contributed by atoms with Gasteiger partial charge in [-0.05, 0) is 96.0 Å². The highest BCUT2D eigenvalue weighted by Crippen LogP contribution is 2.45. The molecule has 0 unspecified atom stereocenters. The predicted octanol–water partition coefficient (Wildman–Crippen LogP) is 12.0. The van der Waals surface area contributed by atoms with E-state index in [0.717, 1.165) is 32.7 Å². The minimum absolute atomic E-state index is 0.177. The summed E-state index contributed by atoms with van der Waals surface area (Å²) < 4.78 is 78.4. The third-order valence-corrected chi connectivity index (χ3v) is 8.26. The first-order valence-corrected chi connectivity index (χ1v) is 14.1. The number of furan rings is 1. The van der Waals surface area contributed by atoms with Crippen LogP contribution < -0.4 is 0 Å². The van der Waals surface area contributed by atoms with Gasteiger partial charge in [0.05, 0.1) is 11.0 Å². The van der Waals surface area contributed by atoms with Gasteiger partial charge in [-0.1, -0.05) is 127 Å². The molecule has 0 amide bonds. The van der Waals surface area contributed by atoms with Crippen molar-refractivity contribution < 1.29 is 15.4 Å². The van der Waals surface area contributed by atoms with E-state index in [9.17, 15) is 5.48 Å². The zero-order valence-electron chi connectivity index (χ0n) is 30.8. The quantitative estimate of drug-likeness (QED) is 0.198. The first-order valence-electron chi connectivity index (χ1n) is 18.1. The second-order valence-electron chi connectivity index (χ2n) is 10.7. The van der Waals surface area contributed by atoms with Crippen molar-refractivity contribution in [3.63, 3.8) is 0 Å². The molecule has 0 saturated heterocycles. The molecule has 0 aliphatic carbocycles. The van der Waals surface area contributed by atoms with Gasteiger partial charge in [-0.15, -0.1) is 0 Å². The number of fused-ring (bicyclic) bond motifs is 6. The first kappa shape index (κ1) is 17.3. The Bertz CT molecular complexity index is 2870. The second kappa shape index (κ2) is 9.44. The van der Waals surface area contributed by atoms with E-state index in [1.54, 1.807) is 6.07 Å². The Balaban J connectivity index is 1.48. The van der Waals surface area contributed by atoms with Crippen molar-refractivity contribution in [1.29, 1.82) is 0 Å². The van der Waals surface area contributed by atoms with Gasteiger partial charge >= 0.3 is 0 Å². The van der Waals surface area contributed by atoms with E-state index in [2.05, 4.69) is 6.07 Å². The van der Waals surface area contributed by atoms with Crippen LogP contribution in [0.2, 0.25) is 0 Å². The van der Waals surface area contributed by atoms with E-state index in [-0.39, 0.29) is 45.7 Å². The van der Waals surface area contributed by atoms with Gasteiger partial charge in [0.2, 0.25) is 0 Å². The molecular weight excluding hydrogens is 520 g/mol. The molecule has 0 saturated carbocycles. The molecule has 0 bridgehead atoms. The number of hydrogen-bond acceptors (Lipinski definition) is 1. The first-order chi connectivity index (χ1) is 24.6. The molecule has 0 aliphatic heterocycles. The van der Waals surface area contributed by atoms with Crippen LogP contribution in [0.4, 0.5) is 0 Å². The zero-order chi connectivity index (χ0) is 35.3. The second-order valence-corrected chi connectivity index (χ2v) is 10.7. The summed E-state index contributed by atoms with van der Waals surface area (Å²) in [5.41, 5.74) is 4.82. The van der Waals surface area contributed by atoms with Crippen molar-refractivity contribution in [2.45, 2.75) is 0 Å². The van der Waals surface area contributed by atoms with E-state index in [1.165, 1.54) is 0 Å². The van der Waals surface area contributed by atoms with Gasteiger partial charge in [0.15, 0.2) is 0 Å². The van der Waals surface area contributed by atoms with Crippen LogP contribution in [0.25, 0.3) is 87.6 Å². The molecule has 0 N–H and O–H groups in total. The fraction of sp³-hybridized carbons (Fsp3) is 0. The summed E-state index contributed by atoms with van der Waals surface area (Å²) in [6.07, 6.45) is 0. The summed E-state index contributed by atoms with van der Waals surface area (Å²) in [6.45, 7) is 0. The maximum Gasteiger partial charge on any atom is 0.136 e. The third kappa shape index (κ3) is 3.79. The number of rotatable bonds is 3. The van der Waals surface area contributed by atoms with Crippen molar-refractivity contribution in [2.24, 2.45) is 0 Å². The summed E-state index contributed by atoms with van der Waals surface area (Å²) in [6, 6.07) is 31.8. The molecular formula is C42H26O. The lowest BCUT2D eigenvalue weighted by Crippen LogP contribution is -1.91. The van der Waals surface area contributed by atoms with Gasteiger partial charge in [0.1, 0.15) is 11.2 Å². The molecule has 200 valence electrons. The third-order valence-electron chi connectivity index (χ3n) is 8.26. The molecule has 43 heavy (non-hydrogen) atoms. The van der Waals surface area contributed by atoms with Crippen LogP contribution in [0.3, 0.4) is 0 Å². The Hall–Kier alpha value is -5.66. The van der Waals surface area contributed by atoms with Crippen LogP contribution in [-0.2, 0) is 0 Å². The summed E-state index contributed by atoms with van der Waals surface area (Å²) in [5.74, 6) is 0. The van der Waals surface area contributed by atoms with E-state index < -0.39 is 24.2 Å². The van der Waals surface area contributed by atoms with E-state index >= 15 is 0 Å². The lowest BCUT2D eigenvalue weighted by molar-refractivity contribution is 0.669. The highest BCUT2D eigenvalue weighted by molar-refractivity contribution is 6.22. The van der Waals surface area contributed by atoms with Gasteiger partial charge in [-0.3, -0.25) is 0 Å². The molecule has 1 heteroatoms. The van der Waals surface area contributed by atoms with Gasteiger partial charge in [-0.2, -0.15) is 0 Å². The topological polar surface area (TPSA) is 13.1 Å². The van der Waals surface area contributed by atoms with Crippen molar-refractivity contribution >= 4 is 54.3 Å². The maximum atomic E-state index is 9.30. The van der Waals surface area contributed by atoms with E-state index in [0.29, 0.717) is 33.4 Å². The van der Waals surface area contributed by atoms with Crippen LogP contribution >= 0.6 is 0 Å². The number of benzene rings is 8. The molecule has 0 spiro atoms. The highest BCUT2D eigenvalue weighted by atomic mass is 16.3. The Labute approximate surface area is 260 Å². The average Bonchev–Trinajstić information content (AvgIpc) is 3.52. The molecule has 0 atom stereocenters. The molecule has 0 aliphatic rings. The molecule has 0 fully saturated rings. The largest absolute Gasteiger partial charge is 0.456 e. The zero-order valence-corrected chi connectivity index (χ0v) is 22.8. The lowest BCUT2D eigenvalue weighted by Gasteiger charge is -2.18. The molecule has 9 aromatic rings. The molecule has 0 radical (unpaired) electrons. The standard InChI is InChI=1S/C42H26O/c1-2-11-27(12-3-1)28-15-10-16-31(23-28)41-33-17-6-8-19-35(33)42(36-20-9-7-18-34(36)41)32-21-22-39-37(25-32)38-24-29-13-4-5-14-30(29)26-40(38)43-39/h1-26H/i6D,7D,8D,9D,17D,18D,19D,20D. The molecule has 1 nitrogen and oxygen atoms in total. The summed E-state index contributed by atoms with van der Waals surface area (Å²) in [5, 5.41) is 4.41. The Morgan fingerprint density at radius 2 is 0.907 bits per heavy atom. The summed E-state index contributed by atoms with van der Waals surface area (Å²) in [7, 11) is 0. The van der Waals surface area contributed by atoms with Crippen molar-refractivity contribution in [3.8, 4) is 33.4 Å². The number of hydrogen-bond donors (Lipinski definition) is 0. The summed E-state index contributed by atoms with van der Waals surface area (Å²) >= 11 is 0. The van der Waals surface area contributed by atoms with Crippen LogP contribution in [0.1, 0.15) is 11.0 Å². The summed E-state index contributed by atoms with van der Waals surface area (Å²) in [4.78, 5) is 0. The molecule has 8 aromatic carbocycles. The van der Waals surface area contributed by atoms with Crippen LogP contribution in [0.15, 0.2) is 162 Å². The van der Waals surface area contributed by atoms with Gasteiger partial charge in [0, 0.05) is 10.8 Å². The maximum absolute atomic E-state index is 9.30. The van der Waals surface area contributed by atoms with Gasteiger partial charge in [-0.25, -0.2) is 0 Å². The normalized spacial score (nSPS) is 14.3. The minimum atomic E-state index is -0.431. The monoisotopic (exact) mass is 554 g/mol. The van der Waals surface area contributed by atoms with E-state index in [4.69, 9.17) is 9.90 Å². The molecule has 9 rings (SSSR count). The predicted molar refractivity (Wildman–Crippen MR) is 183 cm³/mol. The molecule has 1 heterocycles. The van der Waals surface area contributed by atoms with Crippen LogP contribution in [0.5, 0.6) is 0 Å². The minimum Gasteiger partial charge on any atom is -0.456 e. The van der Waals surface area contributed by atoms with Crippen LogP contribution in [0, 0.1) is 0 Å². The van der Waals surface area contributed by atoms with Gasteiger partial charge < -0.3 is 4.42 Å². The van der Waals surface area contributed by atoms with Crippen molar-refractivity contribution in [3.05, 3.63) is 158 Å². The molecule has 1 aromatic heterocycles. The SMILES string of the molecule is [2H]c1c([2H])c([2H])c2c(-c3ccc4oc5cc6ccccc6cc5c4c3)c3c([2H])c([2H])c([2H])c([2H])c3c(-c3cccc(-c4ccccc4)c3)c2c1[2H]. The smallest absolute Gasteiger partial charge is 0.136 e. The van der Waals surface area contributed by atoms with Crippen molar-refractivity contribution in [2.75, 3.05) is 0 Å². The van der Waals surface area contributed by atoms with Crippen LogP contribution in [-0.4, -0.2) is 0 Å².